The normalized spacial score (nSPS) is 11.6. The van der Waals surface area contributed by atoms with Crippen molar-refractivity contribution in [3.8, 4) is 0 Å². The summed E-state index contributed by atoms with van der Waals surface area (Å²) in [5, 5.41) is 0. The second kappa shape index (κ2) is 4.11. The van der Waals surface area contributed by atoms with Gasteiger partial charge in [-0.2, -0.15) is 13.2 Å². The molecule has 0 aliphatic heterocycles. The fourth-order valence-corrected chi connectivity index (χ4v) is 1.80. The minimum Gasteiger partial charge on any atom is -0.295 e. The molecule has 0 aromatic heterocycles. The highest BCUT2D eigenvalue weighted by Crippen LogP contribution is 2.34. The number of alkyl halides is 3. The molecular weight excluding hydrogens is 320 g/mol. The molecule has 0 amide bonds. The molecule has 0 heterocycles. The monoisotopic (exact) mass is 328 g/mol. The highest BCUT2D eigenvalue weighted by molar-refractivity contribution is 14.1. The van der Waals surface area contributed by atoms with Gasteiger partial charge in [0.05, 0.1) is 5.56 Å². The van der Waals surface area contributed by atoms with Crippen molar-refractivity contribution in [2.75, 3.05) is 0 Å². The zero-order chi connectivity index (χ0) is 11.8. The van der Waals surface area contributed by atoms with Crippen LogP contribution in [0, 0.1) is 10.5 Å². The smallest absolute Gasteiger partial charge is 0.295 e. The quantitative estimate of drug-likeness (QED) is 0.566. The lowest BCUT2D eigenvalue weighted by atomic mass is 10.0. The minimum absolute atomic E-state index is 0.0947. The van der Waals surface area contributed by atoms with Crippen molar-refractivity contribution in [3.63, 3.8) is 0 Å². The molecule has 0 unspecified atom stereocenters. The predicted octanol–water partition coefficient (Wildman–Crippen LogP) is 3.82. The average molecular weight is 328 g/mol. The Morgan fingerprint density at radius 2 is 1.87 bits per heavy atom. The van der Waals surface area contributed by atoms with Gasteiger partial charge in [0, 0.05) is 9.13 Å². The van der Waals surface area contributed by atoms with E-state index in [-0.39, 0.29) is 16.9 Å². The maximum Gasteiger partial charge on any atom is 0.416 e. The number of carbonyl (C=O) groups excluding carboxylic acids is 1. The standard InChI is InChI=1S/C10H8F3IO/c1-5-8(10(11,12)13)3-7(6(2)15)4-9(5)14/h3-4H,1-2H3. The Kier molecular flexibility index (Phi) is 3.42. The topological polar surface area (TPSA) is 17.1 Å². The van der Waals surface area contributed by atoms with Gasteiger partial charge in [-0.15, -0.1) is 0 Å². The SMILES string of the molecule is CC(=O)c1cc(I)c(C)c(C(F)(F)F)c1. The van der Waals surface area contributed by atoms with Crippen LogP contribution in [-0.4, -0.2) is 5.78 Å². The van der Waals surface area contributed by atoms with Crippen LogP contribution in [0.3, 0.4) is 0 Å². The van der Waals surface area contributed by atoms with E-state index in [1.165, 1.54) is 19.9 Å². The molecule has 1 rings (SSSR count). The first-order valence-corrected chi connectivity index (χ1v) is 5.19. The Bertz CT molecular complexity index is 410. The van der Waals surface area contributed by atoms with E-state index in [4.69, 9.17) is 0 Å². The lowest BCUT2D eigenvalue weighted by molar-refractivity contribution is -0.138. The highest BCUT2D eigenvalue weighted by Gasteiger charge is 2.33. The molecule has 1 nitrogen and oxygen atoms in total. The van der Waals surface area contributed by atoms with Crippen LogP contribution in [0.2, 0.25) is 0 Å². The molecule has 0 saturated heterocycles. The van der Waals surface area contributed by atoms with Crippen LogP contribution in [0.5, 0.6) is 0 Å². The lowest BCUT2D eigenvalue weighted by Gasteiger charge is -2.12. The summed E-state index contributed by atoms with van der Waals surface area (Å²) in [7, 11) is 0. The molecule has 0 N–H and O–H groups in total. The van der Waals surface area contributed by atoms with Gasteiger partial charge < -0.3 is 0 Å². The van der Waals surface area contributed by atoms with Crippen molar-refractivity contribution >= 4 is 28.4 Å². The van der Waals surface area contributed by atoms with Gasteiger partial charge in [-0.05, 0) is 54.1 Å². The first-order valence-electron chi connectivity index (χ1n) is 4.11. The van der Waals surface area contributed by atoms with Gasteiger partial charge in [-0.1, -0.05) is 0 Å². The Morgan fingerprint density at radius 1 is 1.33 bits per heavy atom. The maximum absolute atomic E-state index is 12.6. The highest BCUT2D eigenvalue weighted by atomic mass is 127. The molecular formula is C10H8F3IO. The van der Waals surface area contributed by atoms with E-state index < -0.39 is 11.7 Å². The van der Waals surface area contributed by atoms with Crippen molar-refractivity contribution in [1.29, 1.82) is 0 Å². The molecule has 0 bridgehead atoms. The Labute approximate surface area is 98.8 Å². The molecule has 15 heavy (non-hydrogen) atoms. The van der Waals surface area contributed by atoms with E-state index in [0.29, 0.717) is 3.57 Å². The molecule has 0 aliphatic carbocycles. The van der Waals surface area contributed by atoms with Crippen LogP contribution >= 0.6 is 22.6 Å². The summed E-state index contributed by atoms with van der Waals surface area (Å²) in [6.07, 6.45) is -4.41. The number of ketones is 1. The summed E-state index contributed by atoms with van der Waals surface area (Å²) in [4.78, 5) is 11.0. The second-order valence-corrected chi connectivity index (χ2v) is 4.35. The van der Waals surface area contributed by atoms with Crippen molar-refractivity contribution in [3.05, 3.63) is 32.4 Å². The van der Waals surface area contributed by atoms with Crippen molar-refractivity contribution in [2.24, 2.45) is 0 Å². The van der Waals surface area contributed by atoms with E-state index >= 15 is 0 Å². The summed E-state index contributed by atoms with van der Waals surface area (Å²) >= 11 is 1.80. The van der Waals surface area contributed by atoms with Gasteiger partial charge in [-0.3, -0.25) is 4.79 Å². The van der Waals surface area contributed by atoms with E-state index in [0.717, 1.165) is 6.07 Å². The molecule has 0 atom stereocenters. The summed E-state index contributed by atoms with van der Waals surface area (Å²) in [5.74, 6) is -0.363. The van der Waals surface area contributed by atoms with Gasteiger partial charge in [-0.25, -0.2) is 0 Å². The first-order chi connectivity index (χ1) is 6.73. The molecule has 82 valence electrons. The second-order valence-electron chi connectivity index (χ2n) is 3.18. The number of halogens is 4. The number of hydrogen-bond donors (Lipinski definition) is 0. The van der Waals surface area contributed by atoms with Crippen LogP contribution in [-0.2, 0) is 6.18 Å². The van der Waals surface area contributed by atoms with Gasteiger partial charge in [0.15, 0.2) is 5.78 Å². The van der Waals surface area contributed by atoms with Crippen LogP contribution < -0.4 is 0 Å². The fourth-order valence-electron chi connectivity index (χ4n) is 1.18. The van der Waals surface area contributed by atoms with Crippen molar-refractivity contribution < 1.29 is 18.0 Å². The van der Waals surface area contributed by atoms with Crippen LogP contribution in [0.1, 0.15) is 28.4 Å². The zero-order valence-electron chi connectivity index (χ0n) is 8.07. The number of rotatable bonds is 1. The van der Waals surface area contributed by atoms with E-state index in [2.05, 4.69) is 0 Å². The van der Waals surface area contributed by atoms with Gasteiger partial charge in [0.1, 0.15) is 0 Å². The summed E-state index contributed by atoms with van der Waals surface area (Å²) < 4.78 is 38.1. The largest absolute Gasteiger partial charge is 0.416 e. The van der Waals surface area contributed by atoms with E-state index in [1.54, 1.807) is 22.6 Å². The lowest BCUT2D eigenvalue weighted by Crippen LogP contribution is -2.10. The third-order valence-electron chi connectivity index (χ3n) is 2.06. The number of hydrogen-bond acceptors (Lipinski definition) is 1. The molecule has 5 heteroatoms. The third kappa shape index (κ3) is 2.70. The maximum atomic E-state index is 12.6. The Morgan fingerprint density at radius 3 is 2.27 bits per heavy atom. The van der Waals surface area contributed by atoms with Gasteiger partial charge in [0.25, 0.3) is 0 Å². The molecule has 1 aromatic rings. The van der Waals surface area contributed by atoms with Crippen molar-refractivity contribution in [1.82, 2.24) is 0 Å². The van der Waals surface area contributed by atoms with Crippen LogP contribution in [0.25, 0.3) is 0 Å². The van der Waals surface area contributed by atoms with E-state index in [9.17, 15) is 18.0 Å². The van der Waals surface area contributed by atoms with Crippen LogP contribution in [0.15, 0.2) is 12.1 Å². The average Bonchev–Trinajstić information content (AvgIpc) is 2.06. The number of carbonyl (C=O) groups is 1. The fraction of sp³-hybridized carbons (Fsp3) is 0.300. The molecule has 0 saturated carbocycles. The molecule has 0 aliphatic rings. The molecule has 0 spiro atoms. The Balaban J connectivity index is 3.45. The summed E-state index contributed by atoms with van der Waals surface area (Å²) in [6.45, 7) is 2.65. The van der Waals surface area contributed by atoms with E-state index in [1.807, 2.05) is 0 Å². The first kappa shape index (κ1) is 12.5. The van der Waals surface area contributed by atoms with Crippen molar-refractivity contribution in [2.45, 2.75) is 20.0 Å². The summed E-state index contributed by atoms with van der Waals surface area (Å²) in [5.41, 5.74) is -0.481. The number of Topliss-reactive ketones (excluding diaryl/α,β-unsaturated/α-hetero) is 1. The number of benzene rings is 1. The predicted molar refractivity (Wildman–Crippen MR) is 58.9 cm³/mol. The summed E-state index contributed by atoms with van der Waals surface area (Å²) in [6, 6.07) is 2.37. The Hall–Kier alpha value is -0.590. The van der Waals surface area contributed by atoms with Gasteiger partial charge >= 0.3 is 6.18 Å². The van der Waals surface area contributed by atoms with Gasteiger partial charge in [0.2, 0.25) is 0 Å². The molecule has 0 fully saturated rings. The molecule has 1 aromatic carbocycles. The minimum atomic E-state index is -4.41. The molecule has 0 radical (unpaired) electrons. The zero-order valence-corrected chi connectivity index (χ0v) is 10.2. The van der Waals surface area contributed by atoms with Crippen LogP contribution in [0.4, 0.5) is 13.2 Å². The third-order valence-corrected chi connectivity index (χ3v) is 3.18.